The molecule has 0 radical (unpaired) electrons. The first-order valence-corrected chi connectivity index (χ1v) is 8.96. The Morgan fingerprint density at radius 3 is 2.57 bits per heavy atom. The molecule has 1 aromatic carbocycles. The highest BCUT2D eigenvalue weighted by atomic mass is 32.1. The molecule has 2 bridgehead atoms. The van der Waals surface area contributed by atoms with Crippen LogP contribution < -0.4 is 0 Å². The summed E-state index contributed by atoms with van der Waals surface area (Å²) in [5, 5.41) is 3.65. The van der Waals surface area contributed by atoms with E-state index in [2.05, 4.69) is 48.6 Å². The molecule has 5 rings (SSSR count). The molecule has 1 fully saturated rings. The summed E-state index contributed by atoms with van der Waals surface area (Å²) in [6.45, 7) is 1.14. The SMILES string of the molecule is CN(C)CC1=C(c2cccc3ccsc23)C2CCC1CC2. The van der Waals surface area contributed by atoms with Gasteiger partial charge in [0.25, 0.3) is 0 Å². The van der Waals surface area contributed by atoms with Crippen molar-refractivity contribution >= 4 is 27.0 Å². The summed E-state index contributed by atoms with van der Waals surface area (Å²) in [7, 11) is 4.41. The van der Waals surface area contributed by atoms with E-state index in [9.17, 15) is 0 Å². The van der Waals surface area contributed by atoms with E-state index in [4.69, 9.17) is 0 Å². The minimum atomic E-state index is 0.803. The smallest absolute Gasteiger partial charge is 0.0417 e. The Morgan fingerprint density at radius 1 is 1.05 bits per heavy atom. The number of allylic oxidation sites excluding steroid dienone is 1. The van der Waals surface area contributed by atoms with Crippen LogP contribution in [0.4, 0.5) is 0 Å². The molecular weight excluding hydrogens is 274 g/mol. The van der Waals surface area contributed by atoms with Crippen molar-refractivity contribution in [3.05, 3.63) is 40.8 Å². The van der Waals surface area contributed by atoms with Gasteiger partial charge in [0, 0.05) is 11.2 Å². The molecule has 0 amide bonds. The van der Waals surface area contributed by atoms with Gasteiger partial charge in [-0.15, -0.1) is 11.3 Å². The lowest BCUT2D eigenvalue weighted by atomic mass is 9.65. The molecule has 3 aliphatic carbocycles. The minimum Gasteiger partial charge on any atom is -0.305 e. The summed E-state index contributed by atoms with van der Waals surface area (Å²) < 4.78 is 1.50. The number of rotatable bonds is 3. The van der Waals surface area contributed by atoms with Gasteiger partial charge in [-0.1, -0.05) is 18.2 Å². The van der Waals surface area contributed by atoms with Crippen molar-refractivity contribution in [1.82, 2.24) is 4.90 Å². The van der Waals surface area contributed by atoms with Crippen LogP contribution in [0.2, 0.25) is 0 Å². The highest BCUT2D eigenvalue weighted by Crippen LogP contribution is 2.50. The Morgan fingerprint density at radius 2 is 1.81 bits per heavy atom. The molecule has 2 heteroatoms. The molecule has 110 valence electrons. The van der Waals surface area contributed by atoms with Crippen molar-refractivity contribution in [2.24, 2.45) is 11.8 Å². The molecule has 0 unspecified atom stereocenters. The fraction of sp³-hybridized carbons (Fsp3) is 0.474. The molecule has 2 aromatic rings. The highest BCUT2D eigenvalue weighted by molar-refractivity contribution is 7.17. The van der Waals surface area contributed by atoms with E-state index < -0.39 is 0 Å². The van der Waals surface area contributed by atoms with Gasteiger partial charge < -0.3 is 4.90 Å². The van der Waals surface area contributed by atoms with Gasteiger partial charge in [0.05, 0.1) is 0 Å². The summed E-state index contributed by atoms with van der Waals surface area (Å²) in [6, 6.07) is 9.12. The summed E-state index contributed by atoms with van der Waals surface area (Å²) in [6.07, 6.45) is 5.63. The largest absolute Gasteiger partial charge is 0.305 e. The average Bonchev–Trinajstić information content (AvgIpc) is 2.96. The molecule has 1 aromatic heterocycles. The Balaban J connectivity index is 1.92. The molecule has 1 nitrogen and oxygen atoms in total. The fourth-order valence-electron chi connectivity index (χ4n) is 4.37. The maximum Gasteiger partial charge on any atom is 0.0417 e. The molecule has 0 aliphatic heterocycles. The normalized spacial score (nSPS) is 25.3. The van der Waals surface area contributed by atoms with Gasteiger partial charge in [-0.25, -0.2) is 0 Å². The van der Waals surface area contributed by atoms with Gasteiger partial charge in [-0.2, -0.15) is 0 Å². The van der Waals surface area contributed by atoms with Crippen LogP contribution in [0, 0.1) is 11.8 Å². The monoisotopic (exact) mass is 297 g/mol. The Bertz CT molecular complexity index is 686. The second-order valence-electron chi connectivity index (χ2n) is 6.87. The van der Waals surface area contributed by atoms with E-state index in [1.54, 1.807) is 11.1 Å². The summed E-state index contributed by atoms with van der Waals surface area (Å²) in [4.78, 5) is 2.35. The second-order valence-corrected chi connectivity index (χ2v) is 7.79. The summed E-state index contributed by atoms with van der Waals surface area (Å²) in [5.41, 5.74) is 4.98. The quantitative estimate of drug-likeness (QED) is 0.767. The average molecular weight is 297 g/mol. The molecule has 0 saturated heterocycles. The highest BCUT2D eigenvalue weighted by Gasteiger charge is 2.36. The standard InChI is InChI=1S/C19H23NS/c1-20(2)12-17-13-6-8-14(9-7-13)18(17)16-5-3-4-15-10-11-21-19(15)16/h3-5,10-11,13-14H,6-9,12H2,1-2H3. The Labute approximate surface area is 131 Å². The van der Waals surface area contributed by atoms with Crippen LogP contribution in [0.25, 0.3) is 15.7 Å². The maximum absolute atomic E-state index is 2.37. The topological polar surface area (TPSA) is 3.24 Å². The van der Waals surface area contributed by atoms with E-state index in [0.717, 1.165) is 18.4 Å². The third kappa shape index (κ3) is 2.25. The van der Waals surface area contributed by atoms with Crippen LogP contribution in [-0.4, -0.2) is 25.5 Å². The minimum absolute atomic E-state index is 0.803. The zero-order valence-electron chi connectivity index (χ0n) is 12.9. The third-order valence-electron chi connectivity index (χ3n) is 5.23. The number of benzene rings is 1. The van der Waals surface area contributed by atoms with Crippen LogP contribution in [-0.2, 0) is 0 Å². The van der Waals surface area contributed by atoms with Crippen molar-refractivity contribution in [2.75, 3.05) is 20.6 Å². The number of likely N-dealkylation sites (N-methyl/N-ethyl adjacent to an activating group) is 1. The zero-order chi connectivity index (χ0) is 14.4. The van der Waals surface area contributed by atoms with Gasteiger partial charge in [-0.3, -0.25) is 0 Å². The zero-order valence-corrected chi connectivity index (χ0v) is 13.7. The lowest BCUT2D eigenvalue weighted by Crippen LogP contribution is -2.31. The van der Waals surface area contributed by atoms with Gasteiger partial charge in [0.15, 0.2) is 0 Å². The van der Waals surface area contributed by atoms with E-state index in [1.165, 1.54) is 41.3 Å². The molecule has 1 saturated carbocycles. The van der Waals surface area contributed by atoms with Gasteiger partial charge in [0.1, 0.15) is 0 Å². The molecule has 21 heavy (non-hydrogen) atoms. The third-order valence-corrected chi connectivity index (χ3v) is 6.19. The lowest BCUT2D eigenvalue weighted by Gasteiger charge is -2.41. The predicted octanol–water partition coefficient (Wildman–Crippen LogP) is 5.04. The molecule has 0 atom stereocenters. The van der Waals surface area contributed by atoms with E-state index in [1.807, 2.05) is 11.3 Å². The predicted molar refractivity (Wildman–Crippen MR) is 92.7 cm³/mol. The van der Waals surface area contributed by atoms with E-state index >= 15 is 0 Å². The fourth-order valence-corrected chi connectivity index (χ4v) is 5.29. The van der Waals surface area contributed by atoms with Gasteiger partial charge >= 0.3 is 0 Å². The van der Waals surface area contributed by atoms with Crippen LogP contribution >= 0.6 is 11.3 Å². The summed E-state index contributed by atoms with van der Waals surface area (Å²) >= 11 is 1.91. The summed E-state index contributed by atoms with van der Waals surface area (Å²) in [5.74, 6) is 1.64. The first-order valence-electron chi connectivity index (χ1n) is 8.08. The molecule has 0 spiro atoms. The Hall–Kier alpha value is -1.12. The van der Waals surface area contributed by atoms with Crippen molar-refractivity contribution in [3.63, 3.8) is 0 Å². The van der Waals surface area contributed by atoms with Crippen LogP contribution in [0.1, 0.15) is 31.2 Å². The Kier molecular flexibility index (Phi) is 3.39. The van der Waals surface area contributed by atoms with Gasteiger partial charge in [-0.05, 0) is 85.2 Å². The first kappa shape index (κ1) is 13.5. The maximum atomic E-state index is 2.37. The van der Waals surface area contributed by atoms with Crippen LogP contribution in [0.5, 0.6) is 0 Å². The van der Waals surface area contributed by atoms with Crippen molar-refractivity contribution in [3.8, 4) is 0 Å². The van der Waals surface area contributed by atoms with Crippen molar-refractivity contribution in [1.29, 1.82) is 0 Å². The second kappa shape index (κ2) is 5.26. The van der Waals surface area contributed by atoms with Crippen molar-refractivity contribution < 1.29 is 0 Å². The van der Waals surface area contributed by atoms with Crippen LogP contribution in [0.3, 0.4) is 0 Å². The molecule has 0 N–H and O–H groups in total. The van der Waals surface area contributed by atoms with Crippen molar-refractivity contribution in [2.45, 2.75) is 25.7 Å². The number of hydrogen-bond donors (Lipinski definition) is 0. The number of hydrogen-bond acceptors (Lipinski definition) is 2. The van der Waals surface area contributed by atoms with Gasteiger partial charge in [0.2, 0.25) is 0 Å². The number of thiophene rings is 1. The molecule has 1 heterocycles. The van der Waals surface area contributed by atoms with E-state index in [0.29, 0.717) is 0 Å². The van der Waals surface area contributed by atoms with E-state index in [-0.39, 0.29) is 0 Å². The number of fused-ring (bicyclic) bond motifs is 3. The number of nitrogens with zero attached hydrogens (tertiary/aromatic N) is 1. The van der Waals surface area contributed by atoms with Crippen LogP contribution in [0.15, 0.2) is 35.2 Å². The lowest BCUT2D eigenvalue weighted by molar-refractivity contribution is 0.300. The molecular formula is C19H23NS. The molecule has 3 aliphatic rings. The first-order chi connectivity index (χ1) is 10.2.